The third-order valence-corrected chi connectivity index (χ3v) is 5.67. The Morgan fingerprint density at radius 1 is 1.11 bits per heavy atom. The Morgan fingerprint density at radius 3 is 2.43 bits per heavy atom. The molecule has 1 aliphatic heterocycles. The number of hydrogen-bond acceptors (Lipinski definition) is 4. The zero-order valence-corrected chi connectivity index (χ0v) is 17.1. The fourth-order valence-corrected chi connectivity index (χ4v) is 4.04. The van der Waals surface area contributed by atoms with E-state index in [1.807, 2.05) is 29.2 Å². The zero-order valence-electron chi connectivity index (χ0n) is 17.1. The number of nitriles is 1. The van der Waals surface area contributed by atoms with Gasteiger partial charge in [-0.3, -0.25) is 14.6 Å². The highest BCUT2D eigenvalue weighted by molar-refractivity contribution is 5.80. The van der Waals surface area contributed by atoms with Gasteiger partial charge in [0.25, 0.3) is 0 Å². The molecule has 1 aromatic carbocycles. The molecule has 1 saturated heterocycles. The number of carbonyl (C=O) groups excluding carboxylic acids is 1. The van der Waals surface area contributed by atoms with Gasteiger partial charge in [-0.15, -0.1) is 0 Å². The first-order valence-corrected chi connectivity index (χ1v) is 10.6. The van der Waals surface area contributed by atoms with Crippen molar-refractivity contribution in [2.24, 2.45) is 0 Å². The Morgan fingerprint density at radius 2 is 1.82 bits per heavy atom. The Bertz CT molecular complexity index is 711. The van der Waals surface area contributed by atoms with Crippen LogP contribution >= 0.6 is 0 Å². The topological polar surface area (TPSA) is 50.6 Å². The van der Waals surface area contributed by atoms with Crippen molar-refractivity contribution in [1.29, 1.82) is 5.26 Å². The largest absolute Gasteiger partial charge is 0.315 e. The van der Waals surface area contributed by atoms with E-state index in [9.17, 15) is 4.79 Å². The summed E-state index contributed by atoms with van der Waals surface area (Å²) in [6.45, 7) is 8.23. The average Bonchev–Trinajstić information content (AvgIpc) is 2.74. The molecule has 150 valence electrons. The van der Waals surface area contributed by atoms with E-state index in [1.54, 1.807) is 0 Å². The van der Waals surface area contributed by atoms with Gasteiger partial charge in [-0.25, -0.2) is 0 Å². The Labute approximate surface area is 169 Å². The highest BCUT2D eigenvalue weighted by Gasteiger charge is 2.23. The molecule has 0 spiro atoms. The summed E-state index contributed by atoms with van der Waals surface area (Å²) in [5, 5.41) is 8.91. The minimum absolute atomic E-state index is 0.260. The van der Waals surface area contributed by atoms with Crippen LogP contribution in [0.2, 0.25) is 0 Å². The van der Waals surface area contributed by atoms with E-state index in [-0.39, 0.29) is 5.91 Å². The van der Waals surface area contributed by atoms with Gasteiger partial charge in [0.15, 0.2) is 0 Å². The lowest BCUT2D eigenvalue weighted by Gasteiger charge is -2.36. The molecule has 5 heteroatoms. The molecular formula is C23H32N4O. The molecule has 1 aromatic rings. The van der Waals surface area contributed by atoms with E-state index in [0.29, 0.717) is 12.1 Å². The summed E-state index contributed by atoms with van der Waals surface area (Å²) >= 11 is 0. The standard InChI is InChI=1S/C23H32N4O/c1-2-12-27(22-6-4-3-5-7-22)23(28)19-26-15-13-25(14-16-26)18-21-10-8-20(17-24)9-11-21/h6,8-11H,2-5,7,12-16,18-19H2,1H3. The molecule has 0 atom stereocenters. The molecule has 1 fully saturated rings. The maximum atomic E-state index is 12.9. The summed E-state index contributed by atoms with van der Waals surface area (Å²) in [7, 11) is 0. The molecule has 5 nitrogen and oxygen atoms in total. The Hall–Kier alpha value is -2.16. The number of benzene rings is 1. The molecule has 0 saturated carbocycles. The van der Waals surface area contributed by atoms with Crippen LogP contribution in [0.3, 0.4) is 0 Å². The summed E-state index contributed by atoms with van der Waals surface area (Å²) in [6.07, 6.45) is 7.88. The van der Waals surface area contributed by atoms with Gasteiger partial charge in [-0.2, -0.15) is 5.26 Å². The summed E-state index contributed by atoms with van der Waals surface area (Å²) in [5.74, 6) is 0.260. The second-order valence-corrected chi connectivity index (χ2v) is 7.85. The second-order valence-electron chi connectivity index (χ2n) is 7.85. The number of nitrogens with zero attached hydrogens (tertiary/aromatic N) is 4. The fraction of sp³-hybridized carbons (Fsp3) is 0.565. The predicted octanol–water partition coefficient (Wildman–Crippen LogP) is 3.37. The van der Waals surface area contributed by atoms with Crippen molar-refractivity contribution < 1.29 is 4.79 Å². The van der Waals surface area contributed by atoms with Gasteiger partial charge in [0.05, 0.1) is 18.2 Å². The normalized spacial score (nSPS) is 18.4. The maximum absolute atomic E-state index is 12.9. The van der Waals surface area contributed by atoms with Crippen LogP contribution in [0, 0.1) is 11.3 Å². The Balaban J connectivity index is 1.47. The van der Waals surface area contributed by atoms with Crippen LogP contribution in [0.25, 0.3) is 0 Å². The first-order valence-electron chi connectivity index (χ1n) is 10.6. The summed E-state index contributed by atoms with van der Waals surface area (Å²) < 4.78 is 0. The van der Waals surface area contributed by atoms with E-state index in [2.05, 4.69) is 28.9 Å². The lowest BCUT2D eigenvalue weighted by molar-refractivity contribution is -0.131. The molecule has 1 amide bonds. The predicted molar refractivity (Wildman–Crippen MR) is 111 cm³/mol. The quantitative estimate of drug-likeness (QED) is 0.728. The molecule has 28 heavy (non-hydrogen) atoms. The fourth-order valence-electron chi connectivity index (χ4n) is 4.04. The lowest BCUT2D eigenvalue weighted by Crippen LogP contribution is -2.49. The van der Waals surface area contributed by atoms with Gasteiger partial charge >= 0.3 is 0 Å². The van der Waals surface area contributed by atoms with Crippen LogP contribution in [0.5, 0.6) is 0 Å². The molecule has 1 heterocycles. The van der Waals surface area contributed by atoms with E-state index >= 15 is 0 Å². The van der Waals surface area contributed by atoms with Crippen molar-refractivity contribution in [2.45, 2.75) is 45.6 Å². The zero-order chi connectivity index (χ0) is 19.8. The van der Waals surface area contributed by atoms with E-state index < -0.39 is 0 Å². The Kier molecular flexibility index (Phi) is 7.64. The molecule has 1 aliphatic carbocycles. The maximum Gasteiger partial charge on any atom is 0.240 e. The first-order chi connectivity index (χ1) is 13.7. The SMILES string of the molecule is CCCN(C(=O)CN1CCN(Cc2ccc(C#N)cc2)CC1)C1=CCCCC1. The smallest absolute Gasteiger partial charge is 0.240 e. The van der Waals surface area contributed by atoms with Crippen molar-refractivity contribution in [3.63, 3.8) is 0 Å². The van der Waals surface area contributed by atoms with Crippen LogP contribution < -0.4 is 0 Å². The van der Waals surface area contributed by atoms with Crippen molar-refractivity contribution in [1.82, 2.24) is 14.7 Å². The highest BCUT2D eigenvalue weighted by atomic mass is 16.2. The molecule has 0 bridgehead atoms. The minimum atomic E-state index is 0.260. The monoisotopic (exact) mass is 380 g/mol. The van der Waals surface area contributed by atoms with E-state index in [4.69, 9.17) is 5.26 Å². The number of piperazine rings is 1. The van der Waals surface area contributed by atoms with Gasteiger partial charge in [0.1, 0.15) is 0 Å². The van der Waals surface area contributed by atoms with Gasteiger partial charge in [-0.1, -0.05) is 25.1 Å². The van der Waals surface area contributed by atoms with Crippen LogP contribution in [0.1, 0.15) is 50.2 Å². The molecule has 0 radical (unpaired) electrons. The van der Waals surface area contributed by atoms with Crippen molar-refractivity contribution >= 4 is 5.91 Å². The van der Waals surface area contributed by atoms with Crippen molar-refractivity contribution in [3.05, 3.63) is 47.2 Å². The number of allylic oxidation sites excluding steroid dienone is 2. The molecular weight excluding hydrogens is 348 g/mol. The van der Waals surface area contributed by atoms with Crippen LogP contribution in [0.15, 0.2) is 36.0 Å². The third-order valence-electron chi connectivity index (χ3n) is 5.67. The molecule has 2 aliphatic rings. The van der Waals surface area contributed by atoms with Gasteiger partial charge in [0, 0.05) is 45.0 Å². The minimum Gasteiger partial charge on any atom is -0.315 e. The average molecular weight is 381 g/mol. The van der Waals surface area contributed by atoms with Crippen molar-refractivity contribution in [3.8, 4) is 6.07 Å². The van der Waals surface area contributed by atoms with E-state index in [1.165, 1.54) is 24.1 Å². The number of hydrogen-bond donors (Lipinski definition) is 0. The van der Waals surface area contributed by atoms with Gasteiger partial charge in [0.2, 0.25) is 5.91 Å². The summed E-state index contributed by atoms with van der Waals surface area (Å²) in [6, 6.07) is 10.00. The second kappa shape index (κ2) is 10.4. The number of rotatable bonds is 7. The number of carbonyl (C=O) groups is 1. The highest BCUT2D eigenvalue weighted by Crippen LogP contribution is 2.21. The van der Waals surface area contributed by atoms with Crippen LogP contribution in [-0.4, -0.2) is 59.9 Å². The summed E-state index contributed by atoms with van der Waals surface area (Å²) in [5.41, 5.74) is 3.19. The molecule has 0 N–H and O–H groups in total. The number of amides is 1. The van der Waals surface area contributed by atoms with Gasteiger partial charge < -0.3 is 4.90 Å². The van der Waals surface area contributed by atoms with Crippen molar-refractivity contribution in [2.75, 3.05) is 39.3 Å². The molecule has 3 rings (SSSR count). The first kappa shape index (κ1) is 20.6. The third kappa shape index (κ3) is 5.67. The molecule has 0 unspecified atom stereocenters. The summed E-state index contributed by atoms with van der Waals surface area (Å²) in [4.78, 5) is 19.7. The van der Waals surface area contributed by atoms with Gasteiger partial charge in [-0.05, 0) is 49.8 Å². The van der Waals surface area contributed by atoms with Crippen LogP contribution in [-0.2, 0) is 11.3 Å². The lowest BCUT2D eigenvalue weighted by atomic mass is 10.0. The molecule has 0 aromatic heterocycles. The van der Waals surface area contributed by atoms with E-state index in [0.717, 1.165) is 58.5 Å². The van der Waals surface area contributed by atoms with Crippen LogP contribution in [0.4, 0.5) is 0 Å².